The summed E-state index contributed by atoms with van der Waals surface area (Å²) >= 11 is 0. The summed E-state index contributed by atoms with van der Waals surface area (Å²) in [6, 6.07) is 17.0. The molecule has 150 valence electrons. The lowest BCUT2D eigenvalue weighted by Gasteiger charge is -2.19. The van der Waals surface area contributed by atoms with Crippen LogP contribution in [0, 0.1) is 6.92 Å². The number of carbonyl (C=O) groups excluding carboxylic acids is 1. The fourth-order valence-corrected chi connectivity index (χ4v) is 2.85. The first-order valence-corrected chi connectivity index (χ1v) is 9.43. The molecule has 0 saturated carbocycles. The summed E-state index contributed by atoms with van der Waals surface area (Å²) in [5, 5.41) is 6.09. The Morgan fingerprint density at radius 3 is 2.34 bits per heavy atom. The summed E-state index contributed by atoms with van der Waals surface area (Å²) in [7, 11) is 1.62. The lowest BCUT2D eigenvalue weighted by atomic mass is 9.87. The van der Waals surface area contributed by atoms with Gasteiger partial charge in [0.05, 0.1) is 7.11 Å². The van der Waals surface area contributed by atoms with Gasteiger partial charge in [-0.15, -0.1) is 0 Å². The first-order chi connectivity index (χ1) is 13.7. The van der Waals surface area contributed by atoms with Crippen molar-refractivity contribution in [2.45, 2.75) is 33.1 Å². The number of nitrogens with one attached hydrogen (secondary N) is 2. The van der Waals surface area contributed by atoms with Gasteiger partial charge in [-0.2, -0.15) is 0 Å². The first-order valence-electron chi connectivity index (χ1n) is 9.43. The molecule has 0 atom stereocenters. The Hall–Kier alpha value is -3.41. The van der Waals surface area contributed by atoms with Crippen LogP contribution in [0.4, 0.5) is 17.2 Å². The highest BCUT2D eigenvalue weighted by molar-refractivity contribution is 6.03. The van der Waals surface area contributed by atoms with Crippen molar-refractivity contribution in [3.63, 3.8) is 0 Å². The molecule has 1 aromatic heterocycles. The van der Waals surface area contributed by atoms with Gasteiger partial charge in [-0.25, -0.2) is 9.97 Å². The average Bonchev–Trinajstić information content (AvgIpc) is 2.67. The molecule has 0 saturated heterocycles. The largest absolute Gasteiger partial charge is 0.497 e. The van der Waals surface area contributed by atoms with Crippen molar-refractivity contribution in [1.82, 2.24) is 9.97 Å². The van der Waals surface area contributed by atoms with E-state index < -0.39 is 0 Å². The van der Waals surface area contributed by atoms with E-state index in [0.29, 0.717) is 17.3 Å². The molecule has 6 heteroatoms. The van der Waals surface area contributed by atoms with Crippen LogP contribution in [0.3, 0.4) is 0 Å². The highest BCUT2D eigenvalue weighted by Gasteiger charge is 2.15. The second-order valence-corrected chi connectivity index (χ2v) is 7.82. The lowest BCUT2D eigenvalue weighted by Crippen LogP contribution is -2.16. The van der Waals surface area contributed by atoms with E-state index >= 15 is 0 Å². The minimum atomic E-state index is -0.285. The monoisotopic (exact) mass is 390 g/mol. The number of nitrogens with zero attached hydrogens (tertiary/aromatic N) is 2. The van der Waals surface area contributed by atoms with E-state index in [4.69, 9.17) is 4.74 Å². The van der Waals surface area contributed by atoms with Gasteiger partial charge in [-0.1, -0.05) is 39.0 Å². The van der Waals surface area contributed by atoms with Crippen LogP contribution in [0.15, 0.2) is 54.6 Å². The molecule has 0 aliphatic heterocycles. The molecule has 0 radical (unpaired) electrons. The zero-order chi connectivity index (χ0) is 21.0. The maximum absolute atomic E-state index is 12.7. The fraction of sp³-hybridized carbons (Fsp3) is 0.261. The Kier molecular flexibility index (Phi) is 5.82. The number of anilines is 3. The van der Waals surface area contributed by atoms with E-state index in [1.807, 2.05) is 48.5 Å². The summed E-state index contributed by atoms with van der Waals surface area (Å²) in [6.07, 6.45) is 0. The van der Waals surface area contributed by atoms with Crippen LogP contribution in [0.25, 0.3) is 0 Å². The molecule has 0 spiro atoms. The van der Waals surface area contributed by atoms with Gasteiger partial charge in [0.1, 0.15) is 23.1 Å². The molecule has 0 fully saturated rings. The Morgan fingerprint density at radius 1 is 0.966 bits per heavy atom. The number of amides is 1. The molecular formula is C23H26N4O2. The van der Waals surface area contributed by atoms with E-state index in [1.54, 1.807) is 20.1 Å². The number of rotatable bonds is 5. The number of carbonyl (C=O) groups is 1. The van der Waals surface area contributed by atoms with Gasteiger partial charge in [0.2, 0.25) is 0 Å². The summed E-state index contributed by atoms with van der Waals surface area (Å²) in [5.41, 5.74) is 3.10. The maximum atomic E-state index is 12.7. The van der Waals surface area contributed by atoms with Crippen LogP contribution in [0.5, 0.6) is 5.75 Å². The van der Waals surface area contributed by atoms with Gasteiger partial charge in [0.25, 0.3) is 5.91 Å². The molecule has 1 heterocycles. The van der Waals surface area contributed by atoms with Crippen LogP contribution in [-0.4, -0.2) is 23.0 Å². The molecule has 3 aromatic rings. The zero-order valence-electron chi connectivity index (χ0n) is 17.4. The Morgan fingerprint density at radius 2 is 1.69 bits per heavy atom. The Bertz CT molecular complexity index is 1010. The summed E-state index contributed by atoms with van der Waals surface area (Å²) in [4.78, 5) is 21.3. The minimum absolute atomic E-state index is 0.0625. The minimum Gasteiger partial charge on any atom is -0.497 e. The number of benzene rings is 2. The second-order valence-electron chi connectivity index (χ2n) is 7.82. The Balaban J connectivity index is 1.77. The van der Waals surface area contributed by atoms with Crippen LogP contribution >= 0.6 is 0 Å². The van der Waals surface area contributed by atoms with Crippen molar-refractivity contribution in [3.05, 3.63) is 71.7 Å². The standard InChI is InChI=1S/C23H26N4O2/c1-15-24-20(14-21(25-15)26-18-7-6-8-19(13-18)29-5)22(28)27-17-11-9-16(10-12-17)23(2,3)4/h6-14H,1-5H3,(H,27,28)(H,24,25,26). The third-order valence-corrected chi connectivity index (χ3v) is 4.42. The summed E-state index contributed by atoms with van der Waals surface area (Å²) in [5.74, 6) is 1.50. The van der Waals surface area contributed by atoms with Gasteiger partial charge >= 0.3 is 0 Å². The van der Waals surface area contributed by atoms with Crippen molar-refractivity contribution in [2.75, 3.05) is 17.7 Å². The van der Waals surface area contributed by atoms with Crippen LogP contribution in [0.1, 0.15) is 42.6 Å². The lowest BCUT2D eigenvalue weighted by molar-refractivity contribution is 0.102. The van der Waals surface area contributed by atoms with E-state index in [2.05, 4.69) is 41.4 Å². The van der Waals surface area contributed by atoms with Crippen molar-refractivity contribution in [2.24, 2.45) is 0 Å². The van der Waals surface area contributed by atoms with Gasteiger partial charge in [-0.05, 0) is 42.2 Å². The SMILES string of the molecule is COc1cccc(Nc2cc(C(=O)Nc3ccc(C(C)(C)C)cc3)nc(C)n2)c1. The number of hydrogen-bond donors (Lipinski definition) is 2. The highest BCUT2D eigenvalue weighted by atomic mass is 16.5. The summed E-state index contributed by atoms with van der Waals surface area (Å²) in [6.45, 7) is 8.22. The van der Waals surface area contributed by atoms with Crippen molar-refractivity contribution >= 4 is 23.1 Å². The maximum Gasteiger partial charge on any atom is 0.274 e. The number of hydrogen-bond acceptors (Lipinski definition) is 5. The molecule has 3 rings (SSSR count). The molecule has 1 amide bonds. The zero-order valence-corrected chi connectivity index (χ0v) is 17.4. The van der Waals surface area contributed by atoms with E-state index in [0.717, 1.165) is 17.1 Å². The molecular weight excluding hydrogens is 364 g/mol. The molecule has 6 nitrogen and oxygen atoms in total. The molecule has 0 aliphatic rings. The van der Waals surface area contributed by atoms with E-state index in [-0.39, 0.29) is 11.3 Å². The molecule has 0 unspecified atom stereocenters. The summed E-state index contributed by atoms with van der Waals surface area (Å²) < 4.78 is 5.24. The molecule has 29 heavy (non-hydrogen) atoms. The third kappa shape index (κ3) is 5.31. The molecule has 2 aromatic carbocycles. The number of ether oxygens (including phenoxy) is 1. The van der Waals surface area contributed by atoms with Crippen molar-refractivity contribution in [1.29, 1.82) is 0 Å². The quantitative estimate of drug-likeness (QED) is 0.635. The predicted molar refractivity (Wildman–Crippen MR) is 116 cm³/mol. The van der Waals surface area contributed by atoms with Gasteiger partial charge in [0.15, 0.2) is 0 Å². The first kappa shape index (κ1) is 20.3. The van der Waals surface area contributed by atoms with Crippen LogP contribution < -0.4 is 15.4 Å². The van der Waals surface area contributed by atoms with Gasteiger partial charge < -0.3 is 15.4 Å². The molecule has 2 N–H and O–H groups in total. The van der Waals surface area contributed by atoms with Crippen molar-refractivity contribution in [3.8, 4) is 5.75 Å². The third-order valence-electron chi connectivity index (χ3n) is 4.42. The fourth-order valence-electron chi connectivity index (χ4n) is 2.85. The predicted octanol–water partition coefficient (Wildman–Crippen LogP) is 5.09. The smallest absolute Gasteiger partial charge is 0.274 e. The van der Waals surface area contributed by atoms with E-state index in [1.165, 1.54) is 5.56 Å². The van der Waals surface area contributed by atoms with Gasteiger partial charge in [-0.3, -0.25) is 4.79 Å². The average molecular weight is 390 g/mol. The Labute approximate surface area is 171 Å². The van der Waals surface area contributed by atoms with Crippen LogP contribution in [0.2, 0.25) is 0 Å². The molecule has 0 bridgehead atoms. The number of aryl methyl sites for hydroxylation is 1. The topological polar surface area (TPSA) is 76.1 Å². The van der Waals surface area contributed by atoms with Crippen LogP contribution in [-0.2, 0) is 5.41 Å². The van der Waals surface area contributed by atoms with Crippen molar-refractivity contribution < 1.29 is 9.53 Å². The van der Waals surface area contributed by atoms with E-state index in [9.17, 15) is 4.79 Å². The highest BCUT2D eigenvalue weighted by Crippen LogP contribution is 2.24. The number of aromatic nitrogens is 2. The second kappa shape index (κ2) is 8.31. The normalized spacial score (nSPS) is 11.1. The molecule has 0 aliphatic carbocycles. The number of methoxy groups -OCH3 is 1. The van der Waals surface area contributed by atoms with Gasteiger partial charge in [0, 0.05) is 23.5 Å².